The number of aromatic nitrogens is 3. The van der Waals surface area contributed by atoms with Crippen molar-refractivity contribution in [3.8, 4) is 5.88 Å². The Labute approximate surface area is 271 Å². The van der Waals surface area contributed by atoms with Crippen LogP contribution in [-0.2, 0) is 11.0 Å². The van der Waals surface area contributed by atoms with E-state index in [9.17, 15) is 35.5 Å². The van der Waals surface area contributed by atoms with Gasteiger partial charge < -0.3 is 9.64 Å². The van der Waals surface area contributed by atoms with Crippen LogP contribution >= 0.6 is 0 Å². The molecular weight excluding hydrogens is 643 g/mol. The molecule has 0 saturated carbocycles. The number of alkyl halides is 6. The van der Waals surface area contributed by atoms with Gasteiger partial charge in [-0.1, -0.05) is 24.3 Å². The topological polar surface area (TPSA) is 74.3 Å². The summed E-state index contributed by atoms with van der Waals surface area (Å²) in [5.74, 6) is -0.753. The van der Waals surface area contributed by atoms with Crippen LogP contribution in [0.3, 0.4) is 0 Å². The molecule has 48 heavy (non-hydrogen) atoms. The van der Waals surface area contributed by atoms with Crippen LogP contribution in [0.5, 0.6) is 5.88 Å². The maximum atomic E-state index is 14.5. The van der Waals surface area contributed by atoms with Crippen LogP contribution in [0.2, 0.25) is 0 Å². The van der Waals surface area contributed by atoms with Gasteiger partial charge in [0.15, 0.2) is 0 Å². The molecule has 0 unspecified atom stereocenters. The highest BCUT2D eigenvalue weighted by molar-refractivity contribution is 6.00. The second kappa shape index (κ2) is 14.2. The van der Waals surface area contributed by atoms with Gasteiger partial charge in [-0.2, -0.15) is 30.7 Å². The van der Waals surface area contributed by atoms with E-state index in [1.54, 1.807) is 20.2 Å². The second-order valence-corrected chi connectivity index (χ2v) is 11.7. The quantitative estimate of drug-likeness (QED) is 0.113. The van der Waals surface area contributed by atoms with Crippen LogP contribution in [0.15, 0.2) is 72.9 Å². The summed E-state index contributed by atoms with van der Waals surface area (Å²) in [7, 11) is 3.33. The molecule has 1 saturated heterocycles. The predicted octanol–water partition coefficient (Wildman–Crippen LogP) is 7.51. The van der Waals surface area contributed by atoms with Gasteiger partial charge in [0, 0.05) is 51.1 Å². The normalized spacial score (nSPS) is 16.7. The van der Waals surface area contributed by atoms with Crippen molar-refractivity contribution >= 4 is 28.0 Å². The van der Waals surface area contributed by atoms with Crippen molar-refractivity contribution in [1.29, 1.82) is 0 Å². The lowest BCUT2D eigenvalue weighted by atomic mass is 9.87. The summed E-state index contributed by atoms with van der Waals surface area (Å²) in [5.41, 5.74) is -0.705. The Morgan fingerprint density at radius 2 is 1.73 bits per heavy atom. The highest BCUT2D eigenvalue weighted by Gasteiger charge is 2.34. The molecule has 1 fully saturated rings. The molecule has 7 nitrogen and oxygen atoms in total. The number of carbonyl (C=O) groups excluding carboxylic acids is 1. The minimum Gasteiger partial charge on any atom is -0.473 e. The molecule has 1 N–H and O–H groups in total. The number of hydrogen-bond acceptors (Lipinski definition) is 5. The minimum atomic E-state index is -4.74. The first-order valence-corrected chi connectivity index (χ1v) is 15.0. The Hall–Kier alpha value is -4.72. The van der Waals surface area contributed by atoms with Crippen LogP contribution in [0.4, 0.5) is 30.7 Å². The van der Waals surface area contributed by atoms with E-state index in [2.05, 4.69) is 20.1 Å². The third-order valence-electron chi connectivity index (χ3n) is 7.88. The molecule has 254 valence electrons. The number of likely N-dealkylation sites (tertiary alicyclic amines) is 1. The number of fused-ring (bicyclic) bond motifs is 1. The van der Waals surface area contributed by atoms with Crippen molar-refractivity contribution in [2.45, 2.75) is 37.7 Å². The molecule has 0 aliphatic carbocycles. The van der Waals surface area contributed by atoms with E-state index >= 15 is 0 Å². The van der Waals surface area contributed by atoms with Crippen LogP contribution in [-0.4, -0.2) is 76.9 Å². The molecule has 1 atom stereocenters. The third kappa shape index (κ3) is 8.59. The maximum Gasteiger partial charge on any atom is 0.416 e. The minimum absolute atomic E-state index is 0.0107. The number of amides is 1. The number of pyridine rings is 1. The average molecular weight is 676 g/mol. The fourth-order valence-electron chi connectivity index (χ4n) is 5.54. The number of nitrogens with one attached hydrogen (secondary N) is 1. The number of benzene rings is 2. The molecule has 3 heterocycles. The number of piperidine rings is 1. The van der Waals surface area contributed by atoms with Crippen molar-refractivity contribution in [2.24, 2.45) is 0 Å². The van der Waals surface area contributed by atoms with Gasteiger partial charge in [-0.05, 0) is 72.0 Å². The first-order chi connectivity index (χ1) is 22.7. The zero-order valence-electron chi connectivity index (χ0n) is 26.0. The molecule has 1 aliphatic heterocycles. The van der Waals surface area contributed by atoms with Gasteiger partial charge in [-0.25, -0.2) is 4.98 Å². The van der Waals surface area contributed by atoms with Crippen molar-refractivity contribution in [2.75, 3.05) is 33.7 Å². The van der Waals surface area contributed by atoms with Gasteiger partial charge in [0.2, 0.25) is 17.7 Å². The molecule has 2 aromatic heterocycles. The van der Waals surface area contributed by atoms with Crippen molar-refractivity contribution in [3.05, 3.63) is 101 Å². The standard InChI is InChI=1S/C34H32F7N5O2/c1-45(2)30(47)6-4-16-46-15-3-5-25(20-46)48-29-14-10-23(19-42-29)31(22-9-13-28-26(17-22)32(35)44-43-28)27(18-33(36,37)38)21-7-11-24(12-8-21)34(39,40)41/h4,6-14,17,19,25H,3,5,15-16,18,20H2,1-2H3,(H,43,44)/b6-4?,31-27-/t25-/m1/s1. The number of H-pyrrole nitrogens is 1. The summed E-state index contributed by atoms with van der Waals surface area (Å²) >= 11 is 0. The monoisotopic (exact) mass is 675 g/mol. The van der Waals surface area contributed by atoms with E-state index in [0.717, 1.165) is 43.7 Å². The number of hydrogen-bond donors (Lipinski definition) is 1. The van der Waals surface area contributed by atoms with Crippen LogP contribution in [0, 0.1) is 5.95 Å². The molecule has 1 aliphatic rings. The highest BCUT2D eigenvalue weighted by Crippen LogP contribution is 2.41. The Morgan fingerprint density at radius 1 is 1.02 bits per heavy atom. The molecule has 0 spiro atoms. The number of nitrogens with zero attached hydrogens (tertiary/aromatic N) is 4. The second-order valence-electron chi connectivity index (χ2n) is 11.7. The first-order valence-electron chi connectivity index (χ1n) is 15.0. The summed E-state index contributed by atoms with van der Waals surface area (Å²) < 4.78 is 103. The number of likely N-dealkylation sites (N-methyl/N-ethyl adjacent to an activating group) is 1. The summed E-state index contributed by atoms with van der Waals surface area (Å²) in [4.78, 5) is 19.8. The lowest BCUT2D eigenvalue weighted by Gasteiger charge is -2.31. The number of ether oxygens (including phenoxy) is 1. The zero-order valence-corrected chi connectivity index (χ0v) is 26.0. The van der Waals surface area contributed by atoms with E-state index in [4.69, 9.17) is 4.74 Å². The van der Waals surface area contributed by atoms with E-state index in [1.807, 2.05) is 0 Å². The average Bonchev–Trinajstić information content (AvgIpc) is 3.40. The highest BCUT2D eigenvalue weighted by atomic mass is 19.4. The zero-order chi connectivity index (χ0) is 34.6. The number of allylic oxidation sites excluding steroid dienone is 1. The smallest absolute Gasteiger partial charge is 0.416 e. The lowest BCUT2D eigenvalue weighted by Crippen LogP contribution is -2.41. The molecule has 4 aromatic rings. The SMILES string of the molecule is CN(C)C(=O)C=CCN1CCC[C@@H](Oc2ccc(/C(=C(/CC(F)(F)F)c3ccc(C(F)(F)F)cc3)c3ccc4[nH]nc(F)c4c3)cn2)C1. The predicted molar refractivity (Wildman–Crippen MR) is 166 cm³/mol. The van der Waals surface area contributed by atoms with E-state index in [1.165, 1.54) is 47.5 Å². The fourth-order valence-corrected chi connectivity index (χ4v) is 5.54. The molecule has 5 rings (SSSR count). The molecular formula is C34H32F7N5O2. The van der Waals surface area contributed by atoms with Gasteiger partial charge >= 0.3 is 12.4 Å². The van der Waals surface area contributed by atoms with E-state index in [0.29, 0.717) is 18.6 Å². The fraction of sp³-hybridized carbons (Fsp3) is 0.324. The van der Waals surface area contributed by atoms with Crippen molar-refractivity contribution < 1.29 is 40.3 Å². The van der Waals surface area contributed by atoms with E-state index in [-0.39, 0.29) is 51.1 Å². The Morgan fingerprint density at radius 3 is 2.38 bits per heavy atom. The van der Waals surface area contributed by atoms with Gasteiger partial charge in [0.25, 0.3) is 0 Å². The number of carbonyl (C=O) groups is 1. The molecule has 2 aromatic carbocycles. The van der Waals surface area contributed by atoms with Crippen molar-refractivity contribution in [1.82, 2.24) is 25.0 Å². The van der Waals surface area contributed by atoms with Crippen LogP contribution in [0.1, 0.15) is 41.5 Å². The van der Waals surface area contributed by atoms with E-state index < -0.39 is 30.3 Å². The molecule has 0 bridgehead atoms. The largest absolute Gasteiger partial charge is 0.473 e. The molecule has 1 amide bonds. The summed E-state index contributed by atoms with van der Waals surface area (Å²) in [5, 5.41) is 6.05. The first kappa shape index (κ1) is 34.6. The Bertz CT molecular complexity index is 1790. The van der Waals surface area contributed by atoms with Gasteiger partial charge in [-0.15, -0.1) is 5.10 Å². The Kier molecular flexibility index (Phi) is 10.2. The lowest BCUT2D eigenvalue weighted by molar-refractivity contribution is -0.137. The third-order valence-corrected chi connectivity index (χ3v) is 7.88. The van der Waals surface area contributed by atoms with Crippen LogP contribution < -0.4 is 4.74 Å². The molecule has 14 heteroatoms. The maximum absolute atomic E-state index is 14.5. The number of rotatable bonds is 9. The Balaban J connectivity index is 1.50. The van der Waals surface area contributed by atoms with Crippen molar-refractivity contribution in [3.63, 3.8) is 0 Å². The summed E-state index contributed by atoms with van der Waals surface area (Å²) in [6.07, 6.45) is -4.94. The van der Waals surface area contributed by atoms with Crippen LogP contribution in [0.25, 0.3) is 22.0 Å². The number of halogens is 7. The summed E-state index contributed by atoms with van der Waals surface area (Å²) in [6, 6.07) is 10.7. The van der Waals surface area contributed by atoms with Gasteiger partial charge in [-0.3, -0.25) is 14.8 Å². The number of aromatic amines is 1. The summed E-state index contributed by atoms with van der Waals surface area (Å²) in [6.45, 7) is 1.93. The van der Waals surface area contributed by atoms with Gasteiger partial charge in [0.05, 0.1) is 22.9 Å². The van der Waals surface area contributed by atoms with Gasteiger partial charge in [0.1, 0.15) is 6.10 Å². The molecule has 0 radical (unpaired) electrons.